The van der Waals surface area contributed by atoms with Gasteiger partial charge >= 0.3 is 0 Å². The minimum atomic E-state index is -1.79. The summed E-state index contributed by atoms with van der Waals surface area (Å²) in [5, 5.41) is 87.6. The van der Waals surface area contributed by atoms with Gasteiger partial charge in [-0.1, -0.05) is 366 Å². The van der Waals surface area contributed by atoms with Crippen LogP contribution in [0.5, 0.6) is 0 Å². The van der Waals surface area contributed by atoms with Gasteiger partial charge in [-0.15, -0.1) is 0 Å². The van der Waals surface area contributed by atoms with Crippen molar-refractivity contribution >= 4 is 5.91 Å². The smallest absolute Gasteiger partial charge is 0.220 e. The van der Waals surface area contributed by atoms with Gasteiger partial charge in [0.05, 0.1) is 32.0 Å². The quantitative estimate of drug-likeness (QED) is 0.0204. The monoisotopic (exact) mass is 1300 g/mol. The van der Waals surface area contributed by atoms with Gasteiger partial charge in [-0.2, -0.15) is 0 Å². The van der Waals surface area contributed by atoms with Crippen molar-refractivity contribution in [3.05, 3.63) is 12.2 Å². The minimum Gasteiger partial charge on any atom is -0.394 e. The van der Waals surface area contributed by atoms with E-state index in [1.54, 1.807) is 6.08 Å². The molecule has 0 saturated carbocycles. The first-order chi connectivity index (χ1) is 44.6. The lowest BCUT2D eigenvalue weighted by Crippen LogP contribution is -2.65. The van der Waals surface area contributed by atoms with E-state index in [9.17, 15) is 45.6 Å². The first-order valence-electron chi connectivity index (χ1n) is 39.4. The summed E-state index contributed by atoms with van der Waals surface area (Å²) < 4.78 is 22.9. The molecule has 2 fully saturated rings. The highest BCUT2D eigenvalue weighted by Gasteiger charge is 2.51. The normalized spacial score (nSPS) is 22.7. The number of carbonyl (C=O) groups is 1. The van der Waals surface area contributed by atoms with E-state index in [1.807, 2.05) is 6.08 Å². The fraction of sp³-hybridized carbons (Fsp3) is 0.961. The lowest BCUT2D eigenvalue weighted by Gasteiger charge is -2.46. The van der Waals surface area contributed by atoms with Crippen molar-refractivity contribution in [2.75, 3.05) is 19.8 Å². The molecule has 0 bridgehead atoms. The summed E-state index contributed by atoms with van der Waals surface area (Å²) in [4.78, 5) is 13.4. The Balaban J connectivity index is 1.63. The molecule has 2 heterocycles. The largest absolute Gasteiger partial charge is 0.394 e. The highest BCUT2D eigenvalue weighted by molar-refractivity contribution is 5.76. The Morgan fingerprint density at radius 1 is 0.385 bits per heavy atom. The molecule has 2 aliphatic heterocycles. The number of amides is 1. The van der Waals surface area contributed by atoms with Crippen molar-refractivity contribution < 1.29 is 64.6 Å². The van der Waals surface area contributed by atoms with Crippen LogP contribution in [0.3, 0.4) is 0 Å². The maximum absolute atomic E-state index is 13.4. The van der Waals surface area contributed by atoms with Crippen LogP contribution in [0.4, 0.5) is 0 Å². The Hall–Kier alpha value is -1.27. The summed E-state index contributed by atoms with van der Waals surface area (Å²) in [6, 6.07) is -0.912. The summed E-state index contributed by atoms with van der Waals surface area (Å²) in [7, 11) is 0. The Bertz CT molecular complexity index is 1570. The van der Waals surface area contributed by atoms with Gasteiger partial charge in [0.15, 0.2) is 12.6 Å². The van der Waals surface area contributed by atoms with Gasteiger partial charge in [-0.25, -0.2) is 0 Å². The molecule has 14 heteroatoms. The zero-order valence-corrected chi connectivity index (χ0v) is 59.1. The number of aliphatic hydroxyl groups is 8. The number of aliphatic hydroxyl groups excluding tert-OH is 8. The maximum Gasteiger partial charge on any atom is 0.220 e. The van der Waals surface area contributed by atoms with Crippen molar-refractivity contribution in [3.63, 3.8) is 0 Å². The lowest BCUT2D eigenvalue weighted by molar-refractivity contribution is -0.359. The molecule has 2 rings (SSSR count). The third kappa shape index (κ3) is 45.8. The number of rotatable bonds is 67. The topological polar surface area (TPSA) is 228 Å². The van der Waals surface area contributed by atoms with E-state index < -0.39 is 86.8 Å². The van der Waals surface area contributed by atoms with Crippen molar-refractivity contribution in [1.29, 1.82) is 0 Å². The maximum atomic E-state index is 13.4. The number of ether oxygens (including phenoxy) is 4. The second-order valence-corrected chi connectivity index (χ2v) is 28.2. The van der Waals surface area contributed by atoms with Crippen LogP contribution in [0.25, 0.3) is 0 Å². The molecule has 2 aliphatic rings. The van der Waals surface area contributed by atoms with Gasteiger partial charge in [0.25, 0.3) is 0 Å². The zero-order chi connectivity index (χ0) is 65.9. The molecule has 12 atom stereocenters. The summed E-state index contributed by atoms with van der Waals surface area (Å²) in [6.07, 6.45) is 61.5. The van der Waals surface area contributed by atoms with Gasteiger partial charge < -0.3 is 65.1 Å². The first kappa shape index (κ1) is 85.8. The average molecular weight is 1300 g/mol. The van der Waals surface area contributed by atoms with Gasteiger partial charge in [-0.3, -0.25) is 4.79 Å². The number of hydrogen-bond acceptors (Lipinski definition) is 13. The molecule has 0 aromatic rings. The highest BCUT2D eigenvalue weighted by Crippen LogP contribution is 2.30. The number of nitrogens with one attached hydrogen (secondary N) is 1. The van der Waals surface area contributed by atoms with E-state index in [4.69, 9.17) is 18.9 Å². The summed E-state index contributed by atoms with van der Waals surface area (Å²) in [5.74, 6) is -0.229. The molecule has 1 amide bonds. The molecule has 0 aromatic heterocycles. The van der Waals surface area contributed by atoms with E-state index in [1.165, 1.54) is 315 Å². The standard InChI is InChI=1S/C77H149NO13/c1-3-5-7-9-11-13-15-17-19-21-23-25-27-29-31-32-33-34-35-36-38-40-42-44-46-48-50-52-54-56-58-60-66(81)65(64-88-76-74(87)72(85)75(68(63-80)90-76)91-77-73(86)71(84)70(83)67(62-79)89-77)78-69(82)61-59-57-55-53-51-49-47-45-43-41-39-37-30-28-26-24-22-20-18-16-14-12-10-8-6-4-2/h58,60,65-68,70-77,79-81,83-87H,3-57,59,61-64H2,1-2H3,(H,78,82)/b60-58+. The van der Waals surface area contributed by atoms with E-state index in [-0.39, 0.29) is 18.9 Å². The molecule has 0 spiro atoms. The minimum absolute atomic E-state index is 0.229. The number of allylic oxidation sites excluding steroid dienone is 1. The average Bonchev–Trinajstić information content (AvgIpc) is 0.993. The molecular formula is C77H149NO13. The molecule has 0 radical (unpaired) electrons. The molecule has 9 N–H and O–H groups in total. The van der Waals surface area contributed by atoms with Crippen LogP contribution < -0.4 is 5.32 Å². The zero-order valence-electron chi connectivity index (χ0n) is 59.1. The summed E-state index contributed by atoms with van der Waals surface area (Å²) >= 11 is 0. The Kier molecular flexibility index (Phi) is 58.7. The Labute approximate surface area is 558 Å². The van der Waals surface area contributed by atoms with E-state index in [0.717, 1.165) is 44.9 Å². The molecule has 540 valence electrons. The van der Waals surface area contributed by atoms with Crippen LogP contribution >= 0.6 is 0 Å². The van der Waals surface area contributed by atoms with E-state index in [2.05, 4.69) is 19.2 Å². The van der Waals surface area contributed by atoms with Crippen molar-refractivity contribution in [3.8, 4) is 0 Å². The molecule has 12 unspecified atom stereocenters. The SMILES string of the molecule is CCCCCCCCCCCCCCCCCCCCCCCCCCCCCCC/C=C/C(O)C(COC1OC(CO)C(OC2OC(CO)C(O)C(O)C2O)C(O)C1O)NC(=O)CCCCCCCCCCCCCCCCCCCCCCCCCCCC. The van der Waals surface area contributed by atoms with Crippen LogP contribution in [0, 0.1) is 0 Å². The van der Waals surface area contributed by atoms with Gasteiger partial charge in [-0.05, 0) is 19.3 Å². The first-order valence-corrected chi connectivity index (χ1v) is 39.4. The molecule has 0 aromatic carbocycles. The van der Waals surface area contributed by atoms with Gasteiger partial charge in [0.2, 0.25) is 5.91 Å². The second-order valence-electron chi connectivity index (χ2n) is 28.2. The number of carbonyl (C=O) groups excluding carboxylic acids is 1. The molecule has 91 heavy (non-hydrogen) atoms. The summed E-state index contributed by atoms with van der Waals surface area (Å²) in [6.45, 7) is 2.88. The van der Waals surface area contributed by atoms with Crippen molar-refractivity contribution in [1.82, 2.24) is 5.32 Å². The highest BCUT2D eigenvalue weighted by atomic mass is 16.7. The Morgan fingerprint density at radius 2 is 0.681 bits per heavy atom. The van der Waals surface area contributed by atoms with Gasteiger partial charge in [0, 0.05) is 6.42 Å². The van der Waals surface area contributed by atoms with Crippen LogP contribution in [0.15, 0.2) is 12.2 Å². The van der Waals surface area contributed by atoms with Crippen LogP contribution in [0.2, 0.25) is 0 Å². The van der Waals surface area contributed by atoms with Crippen molar-refractivity contribution in [2.45, 2.75) is 453 Å². The van der Waals surface area contributed by atoms with Crippen LogP contribution in [0.1, 0.15) is 380 Å². The molecular weight excluding hydrogens is 1150 g/mol. The Morgan fingerprint density at radius 3 is 1.01 bits per heavy atom. The van der Waals surface area contributed by atoms with Crippen LogP contribution in [-0.4, -0.2) is 140 Å². The molecule has 2 saturated heterocycles. The van der Waals surface area contributed by atoms with E-state index >= 15 is 0 Å². The van der Waals surface area contributed by atoms with Crippen molar-refractivity contribution in [2.24, 2.45) is 0 Å². The van der Waals surface area contributed by atoms with E-state index in [0.29, 0.717) is 0 Å². The lowest BCUT2D eigenvalue weighted by atomic mass is 9.97. The molecule has 0 aliphatic carbocycles. The third-order valence-electron chi connectivity index (χ3n) is 19.7. The summed E-state index contributed by atoms with van der Waals surface area (Å²) in [5.41, 5.74) is 0. The predicted octanol–water partition coefficient (Wildman–Crippen LogP) is 17.3. The van der Waals surface area contributed by atoms with Gasteiger partial charge in [0.1, 0.15) is 48.8 Å². The molecule has 14 nitrogen and oxygen atoms in total. The predicted molar refractivity (Wildman–Crippen MR) is 374 cm³/mol. The second kappa shape index (κ2) is 62.3. The number of unbranched alkanes of at least 4 members (excludes halogenated alkanes) is 54. The number of hydrogen-bond donors (Lipinski definition) is 9. The van der Waals surface area contributed by atoms with Crippen LogP contribution in [-0.2, 0) is 23.7 Å². The fourth-order valence-electron chi connectivity index (χ4n) is 13.5. The third-order valence-corrected chi connectivity index (χ3v) is 19.7. The fourth-order valence-corrected chi connectivity index (χ4v) is 13.5.